The highest BCUT2D eigenvalue weighted by molar-refractivity contribution is 6.31. The van der Waals surface area contributed by atoms with Crippen molar-refractivity contribution in [3.05, 3.63) is 65.0 Å². The van der Waals surface area contributed by atoms with Crippen LogP contribution in [0, 0.1) is 0 Å². The molecule has 0 aliphatic heterocycles. The molecule has 0 spiro atoms. The van der Waals surface area contributed by atoms with Gasteiger partial charge in [-0.2, -0.15) is 0 Å². The molecule has 4 heteroatoms. The first-order chi connectivity index (χ1) is 8.74. The maximum absolute atomic E-state index is 12.1. The third-order valence-electron chi connectivity index (χ3n) is 2.58. The number of nitrogens with zero attached hydrogens (tertiary/aromatic N) is 1. The van der Waals surface area contributed by atoms with Crippen molar-refractivity contribution in [3.63, 3.8) is 0 Å². The summed E-state index contributed by atoms with van der Waals surface area (Å²) in [5.74, 6) is -0.151. The predicted octanol–water partition coefficient (Wildman–Crippen LogP) is 3.71. The summed E-state index contributed by atoms with van der Waals surface area (Å²) < 4.78 is 5.42. The zero-order valence-corrected chi connectivity index (χ0v) is 10.0. The van der Waals surface area contributed by atoms with Crippen LogP contribution < -0.4 is 0 Å². The van der Waals surface area contributed by atoms with E-state index in [1.54, 1.807) is 42.5 Å². The van der Waals surface area contributed by atoms with Crippen molar-refractivity contribution in [2.24, 2.45) is 0 Å². The molecule has 0 radical (unpaired) electrons. The van der Waals surface area contributed by atoms with Gasteiger partial charge in [-0.25, -0.2) is 4.98 Å². The van der Waals surface area contributed by atoms with Crippen LogP contribution in [0.4, 0.5) is 0 Å². The molecule has 0 aliphatic rings. The van der Waals surface area contributed by atoms with E-state index < -0.39 is 0 Å². The summed E-state index contributed by atoms with van der Waals surface area (Å²) in [5.41, 5.74) is 1.69. The lowest BCUT2D eigenvalue weighted by Crippen LogP contribution is -2.00. The van der Waals surface area contributed by atoms with Gasteiger partial charge < -0.3 is 4.42 Å². The highest BCUT2D eigenvalue weighted by Crippen LogP contribution is 2.21. The number of rotatable bonds is 2. The SMILES string of the molecule is O=C(c1ccccc1)c1nc2cc(Cl)ccc2o1. The average molecular weight is 258 g/mol. The third kappa shape index (κ3) is 1.89. The molecule has 0 saturated carbocycles. The Hall–Kier alpha value is -2.13. The summed E-state index contributed by atoms with van der Waals surface area (Å²) in [6.07, 6.45) is 0. The highest BCUT2D eigenvalue weighted by Gasteiger charge is 2.16. The van der Waals surface area contributed by atoms with Crippen molar-refractivity contribution < 1.29 is 9.21 Å². The van der Waals surface area contributed by atoms with Gasteiger partial charge >= 0.3 is 0 Å². The number of halogens is 1. The van der Waals surface area contributed by atoms with Crippen molar-refractivity contribution >= 4 is 28.5 Å². The van der Waals surface area contributed by atoms with E-state index in [1.165, 1.54) is 0 Å². The Morgan fingerprint density at radius 1 is 1.11 bits per heavy atom. The quantitative estimate of drug-likeness (QED) is 0.657. The molecule has 1 heterocycles. The topological polar surface area (TPSA) is 43.1 Å². The molecule has 0 fully saturated rings. The fraction of sp³-hybridized carbons (Fsp3) is 0. The number of aromatic nitrogens is 1. The lowest BCUT2D eigenvalue weighted by molar-refractivity contribution is 0.100. The Kier molecular flexibility index (Phi) is 2.61. The van der Waals surface area contributed by atoms with Gasteiger partial charge in [0.15, 0.2) is 5.58 Å². The maximum Gasteiger partial charge on any atom is 0.269 e. The molecule has 2 aromatic carbocycles. The predicted molar refractivity (Wildman–Crippen MR) is 68.9 cm³/mol. The first-order valence-electron chi connectivity index (χ1n) is 5.40. The number of fused-ring (bicyclic) bond motifs is 1. The second-order valence-corrected chi connectivity index (χ2v) is 4.26. The molecule has 3 rings (SSSR count). The van der Waals surface area contributed by atoms with Gasteiger partial charge in [0, 0.05) is 10.6 Å². The van der Waals surface area contributed by atoms with E-state index in [0.29, 0.717) is 21.7 Å². The Morgan fingerprint density at radius 2 is 1.89 bits per heavy atom. The van der Waals surface area contributed by atoms with Crippen molar-refractivity contribution in [3.8, 4) is 0 Å². The first-order valence-corrected chi connectivity index (χ1v) is 5.78. The highest BCUT2D eigenvalue weighted by atomic mass is 35.5. The fourth-order valence-corrected chi connectivity index (χ4v) is 1.88. The summed E-state index contributed by atoms with van der Waals surface area (Å²) in [5, 5.41) is 0.564. The Labute approximate surface area is 108 Å². The Balaban J connectivity index is 2.07. The molecule has 0 N–H and O–H groups in total. The van der Waals surface area contributed by atoms with Gasteiger partial charge in [-0.3, -0.25) is 4.79 Å². The van der Waals surface area contributed by atoms with Crippen LogP contribution in [0.5, 0.6) is 0 Å². The number of ketones is 1. The van der Waals surface area contributed by atoms with Crippen LogP contribution in [-0.2, 0) is 0 Å². The van der Waals surface area contributed by atoms with Crippen LogP contribution in [0.15, 0.2) is 52.9 Å². The van der Waals surface area contributed by atoms with Gasteiger partial charge in [-0.15, -0.1) is 0 Å². The summed E-state index contributed by atoms with van der Waals surface area (Å²) in [7, 11) is 0. The molecule has 3 aromatic rings. The number of benzene rings is 2. The van der Waals surface area contributed by atoms with Crippen LogP contribution in [0.1, 0.15) is 16.2 Å². The summed E-state index contributed by atoms with van der Waals surface area (Å²) in [6, 6.07) is 14.0. The normalized spacial score (nSPS) is 10.7. The van der Waals surface area contributed by atoms with Gasteiger partial charge in [0.1, 0.15) is 5.52 Å². The van der Waals surface area contributed by atoms with Crippen LogP contribution in [-0.4, -0.2) is 10.8 Å². The molecule has 0 atom stereocenters. The minimum atomic E-state index is -0.233. The molecular weight excluding hydrogens is 250 g/mol. The fourth-order valence-electron chi connectivity index (χ4n) is 1.71. The maximum atomic E-state index is 12.1. The van der Waals surface area contributed by atoms with E-state index in [2.05, 4.69) is 4.98 Å². The molecule has 0 saturated heterocycles. The number of oxazole rings is 1. The van der Waals surface area contributed by atoms with Gasteiger partial charge in [0.25, 0.3) is 5.89 Å². The minimum absolute atomic E-state index is 0.0819. The van der Waals surface area contributed by atoms with Gasteiger partial charge in [0.2, 0.25) is 5.78 Å². The second-order valence-electron chi connectivity index (χ2n) is 3.83. The molecule has 0 bridgehead atoms. The Morgan fingerprint density at radius 3 is 2.67 bits per heavy atom. The second kappa shape index (κ2) is 4.27. The van der Waals surface area contributed by atoms with Gasteiger partial charge in [-0.1, -0.05) is 41.9 Å². The molecule has 88 valence electrons. The van der Waals surface area contributed by atoms with E-state index in [9.17, 15) is 4.79 Å². The summed E-state index contributed by atoms with van der Waals surface area (Å²) in [6.45, 7) is 0. The zero-order chi connectivity index (χ0) is 12.5. The van der Waals surface area contributed by atoms with E-state index in [1.807, 2.05) is 6.07 Å². The minimum Gasteiger partial charge on any atom is -0.433 e. The van der Waals surface area contributed by atoms with Gasteiger partial charge in [0.05, 0.1) is 0 Å². The van der Waals surface area contributed by atoms with Crippen molar-refractivity contribution in [1.29, 1.82) is 0 Å². The summed E-state index contributed by atoms with van der Waals surface area (Å²) >= 11 is 5.86. The van der Waals surface area contributed by atoms with E-state index in [-0.39, 0.29) is 11.7 Å². The smallest absolute Gasteiger partial charge is 0.269 e. The summed E-state index contributed by atoms with van der Waals surface area (Å²) in [4.78, 5) is 16.3. The molecular formula is C14H8ClNO2. The Bertz CT molecular complexity index is 719. The van der Waals surface area contributed by atoms with Crippen molar-refractivity contribution in [2.75, 3.05) is 0 Å². The molecule has 1 aromatic heterocycles. The molecule has 0 unspecified atom stereocenters. The lowest BCUT2D eigenvalue weighted by Gasteiger charge is -1.94. The lowest BCUT2D eigenvalue weighted by atomic mass is 10.1. The largest absolute Gasteiger partial charge is 0.433 e. The number of hydrogen-bond donors (Lipinski definition) is 0. The standard InChI is InChI=1S/C14H8ClNO2/c15-10-6-7-12-11(8-10)16-14(18-12)13(17)9-4-2-1-3-5-9/h1-8H. The van der Waals surface area contributed by atoms with E-state index in [0.717, 1.165) is 0 Å². The monoisotopic (exact) mass is 257 g/mol. The zero-order valence-electron chi connectivity index (χ0n) is 9.26. The molecule has 18 heavy (non-hydrogen) atoms. The van der Waals surface area contributed by atoms with Crippen LogP contribution in [0.2, 0.25) is 5.02 Å². The van der Waals surface area contributed by atoms with Crippen molar-refractivity contribution in [2.45, 2.75) is 0 Å². The molecule has 0 aliphatic carbocycles. The molecule has 0 amide bonds. The van der Waals surface area contributed by atoms with Crippen LogP contribution >= 0.6 is 11.6 Å². The van der Waals surface area contributed by atoms with E-state index >= 15 is 0 Å². The number of hydrogen-bond acceptors (Lipinski definition) is 3. The molecule has 3 nitrogen and oxygen atoms in total. The van der Waals surface area contributed by atoms with Crippen molar-refractivity contribution in [1.82, 2.24) is 4.98 Å². The van der Waals surface area contributed by atoms with E-state index in [4.69, 9.17) is 16.0 Å². The average Bonchev–Trinajstić information content (AvgIpc) is 2.81. The van der Waals surface area contributed by atoms with Crippen LogP contribution in [0.25, 0.3) is 11.1 Å². The number of carbonyl (C=O) groups excluding carboxylic acids is 1. The van der Waals surface area contributed by atoms with Crippen LogP contribution in [0.3, 0.4) is 0 Å². The van der Waals surface area contributed by atoms with Gasteiger partial charge in [-0.05, 0) is 18.2 Å². The third-order valence-corrected chi connectivity index (χ3v) is 2.81. The number of carbonyl (C=O) groups is 1. The first kappa shape index (κ1) is 11.0.